The molecule has 3 heteroatoms. The number of esters is 1. The van der Waals surface area contributed by atoms with E-state index >= 15 is 0 Å². The van der Waals surface area contributed by atoms with Gasteiger partial charge in [-0.15, -0.1) is 0 Å². The molecule has 1 aromatic rings. The van der Waals surface area contributed by atoms with Gasteiger partial charge in [0.2, 0.25) is 0 Å². The molecule has 0 fully saturated rings. The summed E-state index contributed by atoms with van der Waals surface area (Å²) in [7, 11) is 0. The molecular formula is C13H14O2Se. The average molecular weight is 281 g/mol. The first-order chi connectivity index (χ1) is 7.77. The SMILES string of the molecule is CC(=O)O[C@@H]1C=CC[Se][C@@H]1c1ccccc1. The minimum absolute atomic E-state index is 0.0753. The van der Waals surface area contributed by atoms with Crippen molar-refractivity contribution >= 4 is 20.9 Å². The van der Waals surface area contributed by atoms with Gasteiger partial charge in [0, 0.05) is 0 Å². The third kappa shape index (κ3) is 2.75. The Hall–Kier alpha value is -1.05. The molecule has 16 heavy (non-hydrogen) atoms. The first kappa shape index (κ1) is 11.4. The molecule has 0 aliphatic carbocycles. The quantitative estimate of drug-likeness (QED) is 0.472. The fourth-order valence-electron chi connectivity index (χ4n) is 1.77. The Morgan fingerprint density at radius 1 is 1.38 bits per heavy atom. The zero-order valence-electron chi connectivity index (χ0n) is 9.13. The third-order valence-corrected chi connectivity index (χ3v) is 5.12. The summed E-state index contributed by atoms with van der Waals surface area (Å²) in [5.41, 5.74) is 1.28. The van der Waals surface area contributed by atoms with E-state index < -0.39 is 0 Å². The summed E-state index contributed by atoms with van der Waals surface area (Å²) in [5.74, 6) is -0.201. The van der Waals surface area contributed by atoms with Crippen LogP contribution in [0.5, 0.6) is 0 Å². The zero-order valence-corrected chi connectivity index (χ0v) is 10.8. The molecule has 0 saturated heterocycles. The van der Waals surface area contributed by atoms with Crippen LogP contribution in [0.25, 0.3) is 0 Å². The first-order valence-electron chi connectivity index (χ1n) is 5.28. The summed E-state index contributed by atoms with van der Waals surface area (Å²) in [5, 5.41) is 1.12. The van der Waals surface area contributed by atoms with Gasteiger partial charge in [-0.1, -0.05) is 0 Å². The molecule has 0 aromatic heterocycles. The number of hydrogen-bond acceptors (Lipinski definition) is 2. The van der Waals surface area contributed by atoms with Crippen molar-refractivity contribution in [3.8, 4) is 0 Å². The van der Waals surface area contributed by atoms with E-state index in [-0.39, 0.29) is 12.1 Å². The Morgan fingerprint density at radius 3 is 2.81 bits per heavy atom. The molecule has 0 saturated carbocycles. The van der Waals surface area contributed by atoms with Gasteiger partial charge in [-0.25, -0.2) is 0 Å². The van der Waals surface area contributed by atoms with E-state index in [0.717, 1.165) is 5.32 Å². The zero-order chi connectivity index (χ0) is 11.4. The van der Waals surface area contributed by atoms with Crippen molar-refractivity contribution in [2.24, 2.45) is 0 Å². The van der Waals surface area contributed by atoms with Crippen molar-refractivity contribution in [3.63, 3.8) is 0 Å². The Bertz CT molecular complexity index is 386. The maximum atomic E-state index is 11.0. The van der Waals surface area contributed by atoms with E-state index in [2.05, 4.69) is 18.2 Å². The molecule has 0 spiro atoms. The second-order valence-electron chi connectivity index (χ2n) is 3.67. The molecule has 0 amide bonds. The van der Waals surface area contributed by atoms with Crippen molar-refractivity contribution in [2.45, 2.75) is 23.2 Å². The van der Waals surface area contributed by atoms with Crippen LogP contribution in [0, 0.1) is 0 Å². The van der Waals surface area contributed by atoms with Gasteiger partial charge in [0.25, 0.3) is 0 Å². The second-order valence-corrected chi connectivity index (χ2v) is 6.13. The summed E-state index contributed by atoms with van der Waals surface area (Å²) >= 11 is 0.468. The fourth-order valence-corrected chi connectivity index (χ4v) is 4.11. The molecule has 0 bridgehead atoms. The summed E-state index contributed by atoms with van der Waals surface area (Å²) in [6.07, 6.45) is 4.06. The van der Waals surface area contributed by atoms with E-state index in [1.54, 1.807) is 0 Å². The molecule has 0 radical (unpaired) electrons. The molecular weight excluding hydrogens is 267 g/mol. The van der Waals surface area contributed by atoms with E-state index in [1.807, 2.05) is 24.3 Å². The van der Waals surface area contributed by atoms with Crippen LogP contribution < -0.4 is 0 Å². The predicted molar refractivity (Wildman–Crippen MR) is 64.4 cm³/mol. The number of benzene rings is 1. The molecule has 2 rings (SSSR count). The summed E-state index contributed by atoms with van der Waals surface area (Å²) < 4.78 is 5.35. The molecule has 2 atom stereocenters. The van der Waals surface area contributed by atoms with Gasteiger partial charge in [-0.05, 0) is 0 Å². The molecule has 1 heterocycles. The van der Waals surface area contributed by atoms with Crippen molar-refractivity contribution in [1.29, 1.82) is 0 Å². The average Bonchev–Trinajstić information content (AvgIpc) is 2.30. The second kappa shape index (κ2) is 5.33. The Balaban J connectivity index is 2.18. The van der Waals surface area contributed by atoms with Gasteiger partial charge in [0.1, 0.15) is 0 Å². The van der Waals surface area contributed by atoms with Crippen molar-refractivity contribution in [2.75, 3.05) is 0 Å². The minimum atomic E-state index is -0.201. The monoisotopic (exact) mass is 282 g/mol. The van der Waals surface area contributed by atoms with Gasteiger partial charge >= 0.3 is 102 Å². The molecule has 2 nitrogen and oxygen atoms in total. The molecule has 1 aliphatic heterocycles. The number of allylic oxidation sites excluding steroid dienone is 1. The van der Waals surface area contributed by atoms with Gasteiger partial charge < -0.3 is 0 Å². The molecule has 0 N–H and O–H groups in total. The van der Waals surface area contributed by atoms with Crippen LogP contribution in [0.15, 0.2) is 42.5 Å². The number of hydrogen-bond donors (Lipinski definition) is 0. The van der Waals surface area contributed by atoms with Crippen LogP contribution in [0.1, 0.15) is 17.3 Å². The fraction of sp³-hybridized carbons (Fsp3) is 0.308. The van der Waals surface area contributed by atoms with Crippen LogP contribution >= 0.6 is 0 Å². The van der Waals surface area contributed by atoms with Crippen LogP contribution in [-0.2, 0) is 9.53 Å². The molecule has 1 aliphatic rings. The van der Waals surface area contributed by atoms with Gasteiger partial charge in [0.05, 0.1) is 0 Å². The normalized spacial score (nSPS) is 24.1. The summed E-state index contributed by atoms with van der Waals surface area (Å²) in [6, 6.07) is 10.3. The summed E-state index contributed by atoms with van der Waals surface area (Å²) in [4.78, 5) is 11.4. The maximum absolute atomic E-state index is 11.0. The predicted octanol–water partition coefficient (Wildman–Crippen LogP) is 2.35. The third-order valence-electron chi connectivity index (χ3n) is 2.43. The van der Waals surface area contributed by atoms with Crippen LogP contribution in [0.4, 0.5) is 0 Å². The van der Waals surface area contributed by atoms with Crippen LogP contribution in [0.3, 0.4) is 0 Å². The van der Waals surface area contributed by atoms with Gasteiger partial charge in [-0.2, -0.15) is 0 Å². The van der Waals surface area contributed by atoms with Crippen molar-refractivity contribution in [1.82, 2.24) is 0 Å². The van der Waals surface area contributed by atoms with Gasteiger partial charge in [-0.3, -0.25) is 0 Å². The summed E-state index contributed by atoms with van der Waals surface area (Å²) in [6.45, 7) is 1.47. The first-order valence-corrected chi connectivity index (χ1v) is 7.48. The topological polar surface area (TPSA) is 26.3 Å². The van der Waals surface area contributed by atoms with E-state index in [4.69, 9.17) is 4.74 Å². The molecule has 0 unspecified atom stereocenters. The number of carbonyl (C=O) groups is 1. The number of rotatable bonds is 2. The van der Waals surface area contributed by atoms with E-state index in [0.29, 0.717) is 19.8 Å². The van der Waals surface area contributed by atoms with E-state index in [1.165, 1.54) is 12.5 Å². The standard InChI is InChI=1S/C13H14O2Se/c1-10(14)15-12-8-5-9-16-13(12)11-6-3-2-4-7-11/h2-8,12-13H,9H2,1H3/t12-,13-/m1/s1. The van der Waals surface area contributed by atoms with Crippen molar-refractivity contribution < 1.29 is 9.53 Å². The Labute approximate surface area is 102 Å². The number of carbonyl (C=O) groups excluding carboxylic acids is 1. The van der Waals surface area contributed by atoms with Gasteiger partial charge in [0.15, 0.2) is 0 Å². The number of ether oxygens (including phenoxy) is 1. The van der Waals surface area contributed by atoms with Crippen molar-refractivity contribution in [3.05, 3.63) is 48.0 Å². The molecule has 1 aromatic carbocycles. The van der Waals surface area contributed by atoms with Crippen LogP contribution in [-0.4, -0.2) is 27.0 Å². The Morgan fingerprint density at radius 2 is 2.12 bits per heavy atom. The molecule has 84 valence electrons. The van der Waals surface area contributed by atoms with E-state index in [9.17, 15) is 4.79 Å². The Kier molecular flexibility index (Phi) is 3.81. The van der Waals surface area contributed by atoms with Crippen LogP contribution in [0.2, 0.25) is 5.32 Å².